The van der Waals surface area contributed by atoms with Crippen LogP contribution in [0, 0.1) is 0 Å². The Hall–Kier alpha value is -3.71. The maximum atomic E-state index is 13.1. The van der Waals surface area contributed by atoms with Gasteiger partial charge < -0.3 is 15.4 Å². The second-order valence-corrected chi connectivity index (χ2v) is 7.93. The summed E-state index contributed by atoms with van der Waals surface area (Å²) in [5.41, 5.74) is 2.14. The Morgan fingerprint density at radius 2 is 1.68 bits per heavy atom. The maximum absolute atomic E-state index is 13.1. The summed E-state index contributed by atoms with van der Waals surface area (Å²) in [6.07, 6.45) is 0.361. The van der Waals surface area contributed by atoms with Crippen LogP contribution in [0.1, 0.15) is 15.9 Å². The Balaban J connectivity index is 1.56. The third-order valence-corrected chi connectivity index (χ3v) is 5.71. The van der Waals surface area contributed by atoms with Crippen molar-refractivity contribution < 1.29 is 14.3 Å². The number of carbonyl (C=O) groups excluding carboxylic acids is 2. The van der Waals surface area contributed by atoms with Gasteiger partial charge in [0.2, 0.25) is 5.91 Å². The van der Waals surface area contributed by atoms with Gasteiger partial charge in [-0.2, -0.15) is 0 Å². The first-order chi connectivity index (χ1) is 15.1. The van der Waals surface area contributed by atoms with E-state index in [0.29, 0.717) is 28.4 Å². The molecule has 31 heavy (non-hydrogen) atoms. The SMILES string of the molecule is COc1cccc2sc(NC(=O)C(Cc3ccccc3)NC(=O)c3ccccc3)nc12. The Morgan fingerprint density at radius 3 is 2.39 bits per heavy atom. The smallest absolute Gasteiger partial charge is 0.251 e. The van der Waals surface area contributed by atoms with Crippen LogP contribution >= 0.6 is 11.3 Å². The van der Waals surface area contributed by atoms with Crippen LogP contribution in [-0.4, -0.2) is 29.9 Å². The second kappa shape index (κ2) is 9.40. The molecule has 0 spiro atoms. The van der Waals surface area contributed by atoms with Crippen LogP contribution in [0.15, 0.2) is 78.9 Å². The molecule has 0 radical (unpaired) electrons. The topological polar surface area (TPSA) is 80.3 Å². The molecule has 1 atom stereocenters. The molecule has 6 nitrogen and oxygen atoms in total. The van der Waals surface area contributed by atoms with Gasteiger partial charge in [-0.15, -0.1) is 0 Å². The maximum Gasteiger partial charge on any atom is 0.251 e. The number of amides is 2. The van der Waals surface area contributed by atoms with Crippen molar-refractivity contribution in [2.24, 2.45) is 0 Å². The summed E-state index contributed by atoms with van der Waals surface area (Å²) in [5, 5.41) is 6.17. The standard InChI is InChI=1S/C24H21N3O3S/c1-30-19-13-8-14-20-21(19)26-24(31-20)27-23(29)18(15-16-9-4-2-5-10-16)25-22(28)17-11-6-3-7-12-17/h2-14,18H,15H2,1H3,(H,25,28)(H,26,27,29). The van der Waals surface area contributed by atoms with Gasteiger partial charge in [-0.3, -0.25) is 9.59 Å². The summed E-state index contributed by atoms with van der Waals surface area (Å²) in [5.74, 6) is 0.0151. The summed E-state index contributed by atoms with van der Waals surface area (Å²) < 4.78 is 6.25. The van der Waals surface area contributed by atoms with E-state index in [1.807, 2.05) is 54.6 Å². The van der Waals surface area contributed by atoms with E-state index in [9.17, 15) is 9.59 Å². The lowest BCUT2D eigenvalue weighted by Crippen LogP contribution is -2.45. The van der Waals surface area contributed by atoms with Gasteiger partial charge in [0.05, 0.1) is 11.8 Å². The molecular formula is C24H21N3O3S. The van der Waals surface area contributed by atoms with Crippen molar-refractivity contribution in [3.63, 3.8) is 0 Å². The number of carbonyl (C=O) groups is 2. The van der Waals surface area contributed by atoms with Gasteiger partial charge in [0.15, 0.2) is 5.13 Å². The highest BCUT2D eigenvalue weighted by Crippen LogP contribution is 2.32. The highest BCUT2D eigenvalue weighted by Gasteiger charge is 2.23. The molecule has 0 saturated carbocycles. The number of hydrogen-bond acceptors (Lipinski definition) is 5. The molecule has 0 fully saturated rings. The molecule has 2 amide bonds. The average Bonchev–Trinajstić information content (AvgIpc) is 3.22. The van der Waals surface area contributed by atoms with E-state index in [4.69, 9.17) is 4.74 Å². The van der Waals surface area contributed by atoms with E-state index in [0.717, 1.165) is 10.3 Å². The number of nitrogens with zero attached hydrogens (tertiary/aromatic N) is 1. The molecule has 0 aliphatic rings. The van der Waals surface area contributed by atoms with Crippen LogP contribution in [0.2, 0.25) is 0 Å². The van der Waals surface area contributed by atoms with Crippen LogP contribution in [0.4, 0.5) is 5.13 Å². The van der Waals surface area contributed by atoms with Crippen LogP contribution < -0.4 is 15.4 Å². The van der Waals surface area contributed by atoms with E-state index in [1.54, 1.807) is 31.4 Å². The van der Waals surface area contributed by atoms with Crippen molar-refractivity contribution >= 4 is 38.5 Å². The fraction of sp³-hybridized carbons (Fsp3) is 0.125. The fourth-order valence-corrected chi connectivity index (χ4v) is 4.11. The minimum Gasteiger partial charge on any atom is -0.494 e. The number of para-hydroxylation sites is 1. The molecule has 7 heteroatoms. The van der Waals surface area contributed by atoms with Crippen LogP contribution in [0.3, 0.4) is 0 Å². The van der Waals surface area contributed by atoms with E-state index < -0.39 is 6.04 Å². The molecule has 0 aliphatic carbocycles. The normalized spacial score (nSPS) is 11.6. The lowest BCUT2D eigenvalue weighted by atomic mass is 10.0. The van der Waals surface area contributed by atoms with Gasteiger partial charge >= 0.3 is 0 Å². The molecule has 0 bridgehead atoms. The number of hydrogen-bond donors (Lipinski definition) is 2. The number of aromatic nitrogens is 1. The van der Waals surface area contributed by atoms with E-state index in [1.165, 1.54) is 11.3 Å². The number of benzene rings is 3. The van der Waals surface area contributed by atoms with E-state index >= 15 is 0 Å². The molecule has 2 N–H and O–H groups in total. The van der Waals surface area contributed by atoms with Gasteiger partial charge in [-0.1, -0.05) is 65.9 Å². The zero-order valence-electron chi connectivity index (χ0n) is 16.9. The highest BCUT2D eigenvalue weighted by molar-refractivity contribution is 7.22. The predicted molar refractivity (Wildman–Crippen MR) is 123 cm³/mol. The Bertz CT molecular complexity index is 1190. The first-order valence-electron chi connectivity index (χ1n) is 9.78. The van der Waals surface area contributed by atoms with Crippen molar-refractivity contribution in [1.82, 2.24) is 10.3 Å². The monoisotopic (exact) mass is 431 g/mol. The Morgan fingerprint density at radius 1 is 0.968 bits per heavy atom. The summed E-state index contributed by atoms with van der Waals surface area (Å²) in [6.45, 7) is 0. The number of fused-ring (bicyclic) bond motifs is 1. The van der Waals surface area contributed by atoms with Gasteiger partial charge in [0, 0.05) is 12.0 Å². The molecule has 0 saturated heterocycles. The van der Waals surface area contributed by atoms with Crippen molar-refractivity contribution in [3.05, 3.63) is 90.0 Å². The molecular weight excluding hydrogens is 410 g/mol. The molecule has 1 unspecified atom stereocenters. The number of methoxy groups -OCH3 is 1. The van der Waals surface area contributed by atoms with Crippen LogP contribution in [0.5, 0.6) is 5.75 Å². The Kier molecular flexibility index (Phi) is 6.24. The average molecular weight is 432 g/mol. The number of nitrogens with one attached hydrogen (secondary N) is 2. The van der Waals surface area contributed by atoms with Gasteiger partial charge in [-0.25, -0.2) is 4.98 Å². The predicted octanol–water partition coefficient (Wildman–Crippen LogP) is 4.28. The highest BCUT2D eigenvalue weighted by atomic mass is 32.1. The largest absolute Gasteiger partial charge is 0.494 e. The number of ether oxygens (including phenoxy) is 1. The van der Waals surface area contributed by atoms with Crippen molar-refractivity contribution in [1.29, 1.82) is 0 Å². The minimum atomic E-state index is -0.760. The summed E-state index contributed by atoms with van der Waals surface area (Å²) in [4.78, 5) is 30.3. The summed E-state index contributed by atoms with van der Waals surface area (Å²) in [6, 6.07) is 23.3. The zero-order chi connectivity index (χ0) is 21.6. The van der Waals surface area contributed by atoms with E-state index in [-0.39, 0.29) is 11.8 Å². The van der Waals surface area contributed by atoms with Crippen molar-refractivity contribution in [3.8, 4) is 5.75 Å². The molecule has 1 heterocycles. The third-order valence-electron chi connectivity index (χ3n) is 4.77. The van der Waals surface area contributed by atoms with Crippen molar-refractivity contribution in [2.75, 3.05) is 12.4 Å². The molecule has 3 aromatic carbocycles. The number of thiazole rings is 1. The number of rotatable bonds is 7. The lowest BCUT2D eigenvalue weighted by Gasteiger charge is -2.18. The zero-order valence-corrected chi connectivity index (χ0v) is 17.7. The molecule has 4 rings (SSSR count). The fourth-order valence-electron chi connectivity index (χ4n) is 3.22. The molecule has 156 valence electrons. The van der Waals surface area contributed by atoms with E-state index in [2.05, 4.69) is 15.6 Å². The molecule has 0 aliphatic heterocycles. The quantitative estimate of drug-likeness (QED) is 0.458. The molecule has 1 aromatic heterocycles. The van der Waals surface area contributed by atoms with Gasteiger partial charge in [0.1, 0.15) is 17.3 Å². The van der Waals surface area contributed by atoms with Gasteiger partial charge in [0.25, 0.3) is 5.91 Å². The van der Waals surface area contributed by atoms with Crippen LogP contribution in [-0.2, 0) is 11.2 Å². The second-order valence-electron chi connectivity index (χ2n) is 6.90. The first kappa shape index (κ1) is 20.6. The first-order valence-corrected chi connectivity index (χ1v) is 10.6. The third kappa shape index (κ3) is 4.90. The summed E-state index contributed by atoms with van der Waals surface area (Å²) >= 11 is 1.36. The van der Waals surface area contributed by atoms with Gasteiger partial charge in [-0.05, 0) is 29.8 Å². The van der Waals surface area contributed by atoms with Crippen molar-refractivity contribution in [2.45, 2.75) is 12.5 Å². The lowest BCUT2D eigenvalue weighted by molar-refractivity contribution is -0.118. The summed E-state index contributed by atoms with van der Waals surface area (Å²) in [7, 11) is 1.58. The number of anilines is 1. The van der Waals surface area contributed by atoms with Crippen LogP contribution in [0.25, 0.3) is 10.2 Å². The molecule has 4 aromatic rings. The Labute approximate surface area is 183 Å². The minimum absolute atomic E-state index is 0.303.